The van der Waals surface area contributed by atoms with Crippen molar-refractivity contribution in [2.75, 3.05) is 0 Å². The van der Waals surface area contributed by atoms with Crippen LogP contribution in [-0.2, 0) is 4.74 Å². The van der Waals surface area contributed by atoms with E-state index in [-0.39, 0.29) is 5.89 Å². The summed E-state index contributed by atoms with van der Waals surface area (Å²) in [6.07, 6.45) is 2.73. The first-order valence-electron chi connectivity index (χ1n) is 3.62. The van der Waals surface area contributed by atoms with E-state index in [4.69, 9.17) is 9.15 Å². The molecule has 0 amide bonds. The second kappa shape index (κ2) is 2.97. The minimum Gasteiger partial charge on any atom is -0.453 e. The molecule has 1 aromatic rings. The molecule has 0 spiro atoms. The Morgan fingerprint density at radius 1 is 1.58 bits per heavy atom. The minimum absolute atomic E-state index is 0.00933. The fraction of sp³-hybridized carbons (Fsp3) is 0.500. The van der Waals surface area contributed by atoms with Crippen molar-refractivity contribution in [3.63, 3.8) is 0 Å². The number of hydrogen-bond donors (Lipinski definition) is 0. The second-order valence-electron chi connectivity index (χ2n) is 3.34. The van der Waals surface area contributed by atoms with E-state index in [1.165, 1.54) is 12.5 Å². The molecule has 1 rings (SSSR count). The van der Waals surface area contributed by atoms with E-state index < -0.39 is 11.6 Å². The highest BCUT2D eigenvalue weighted by Crippen LogP contribution is 2.10. The highest BCUT2D eigenvalue weighted by molar-refractivity contribution is 5.84. The molecule has 0 unspecified atom stereocenters. The molecule has 12 heavy (non-hydrogen) atoms. The maximum Gasteiger partial charge on any atom is 0.395 e. The van der Waals surface area contributed by atoms with Crippen LogP contribution in [0.5, 0.6) is 0 Å². The van der Waals surface area contributed by atoms with E-state index in [2.05, 4.69) is 4.98 Å². The molecule has 4 heteroatoms. The number of rotatable bonds is 1. The maximum absolute atomic E-state index is 11.1. The molecule has 1 aromatic heterocycles. The van der Waals surface area contributed by atoms with Gasteiger partial charge in [-0.15, -0.1) is 0 Å². The van der Waals surface area contributed by atoms with Gasteiger partial charge in [-0.25, -0.2) is 9.78 Å². The third-order valence-electron chi connectivity index (χ3n) is 1.01. The van der Waals surface area contributed by atoms with E-state index in [1.807, 2.05) is 0 Å². The maximum atomic E-state index is 11.1. The highest BCUT2D eigenvalue weighted by atomic mass is 16.6. The second-order valence-corrected chi connectivity index (χ2v) is 3.34. The quantitative estimate of drug-likeness (QED) is 0.599. The van der Waals surface area contributed by atoms with Crippen molar-refractivity contribution in [1.82, 2.24) is 4.98 Å². The molecule has 0 atom stereocenters. The number of carbonyl (C=O) groups is 1. The van der Waals surface area contributed by atoms with Crippen molar-refractivity contribution in [3.8, 4) is 0 Å². The Morgan fingerprint density at radius 3 is 2.67 bits per heavy atom. The van der Waals surface area contributed by atoms with Crippen molar-refractivity contribution in [2.45, 2.75) is 26.4 Å². The molecule has 0 bridgehead atoms. The Hall–Kier alpha value is -1.32. The molecular weight excluding hydrogens is 158 g/mol. The van der Waals surface area contributed by atoms with Gasteiger partial charge in [-0.1, -0.05) is 0 Å². The van der Waals surface area contributed by atoms with Crippen molar-refractivity contribution < 1.29 is 13.9 Å². The van der Waals surface area contributed by atoms with E-state index in [1.54, 1.807) is 20.8 Å². The van der Waals surface area contributed by atoms with Gasteiger partial charge in [0.15, 0.2) is 0 Å². The van der Waals surface area contributed by atoms with E-state index in [0.29, 0.717) is 0 Å². The van der Waals surface area contributed by atoms with Crippen LogP contribution in [0.1, 0.15) is 31.5 Å². The highest BCUT2D eigenvalue weighted by Gasteiger charge is 2.20. The Bertz CT molecular complexity index is 258. The van der Waals surface area contributed by atoms with Gasteiger partial charge in [0, 0.05) is 0 Å². The van der Waals surface area contributed by atoms with Crippen LogP contribution in [0.25, 0.3) is 0 Å². The Balaban J connectivity index is 2.63. The Morgan fingerprint density at radius 2 is 2.25 bits per heavy atom. The molecule has 0 radical (unpaired) electrons. The first-order valence-corrected chi connectivity index (χ1v) is 3.62. The fourth-order valence-corrected chi connectivity index (χ4v) is 0.646. The van der Waals surface area contributed by atoms with Crippen molar-refractivity contribution >= 4 is 5.97 Å². The van der Waals surface area contributed by atoms with Gasteiger partial charge in [0.25, 0.3) is 0 Å². The number of ether oxygens (including phenoxy) is 1. The van der Waals surface area contributed by atoms with Crippen molar-refractivity contribution in [1.29, 1.82) is 0 Å². The monoisotopic (exact) mass is 169 g/mol. The predicted molar refractivity (Wildman–Crippen MR) is 41.7 cm³/mol. The van der Waals surface area contributed by atoms with Gasteiger partial charge in [-0.3, -0.25) is 0 Å². The van der Waals surface area contributed by atoms with Gasteiger partial charge >= 0.3 is 11.9 Å². The lowest BCUT2D eigenvalue weighted by atomic mass is 10.2. The summed E-state index contributed by atoms with van der Waals surface area (Å²) in [5, 5.41) is 0. The van der Waals surface area contributed by atoms with E-state index >= 15 is 0 Å². The van der Waals surface area contributed by atoms with Crippen LogP contribution in [0.4, 0.5) is 0 Å². The van der Waals surface area contributed by atoms with Crippen molar-refractivity contribution in [2.24, 2.45) is 0 Å². The SMILES string of the molecule is CC(C)(C)OC(=O)c1ncco1. The fourth-order valence-electron chi connectivity index (χ4n) is 0.646. The molecule has 0 aliphatic heterocycles. The third-order valence-corrected chi connectivity index (χ3v) is 1.01. The van der Waals surface area contributed by atoms with Crippen LogP contribution >= 0.6 is 0 Å². The molecule has 0 fully saturated rings. The molecule has 1 heterocycles. The number of oxazole rings is 1. The number of aromatic nitrogens is 1. The van der Waals surface area contributed by atoms with Crippen molar-refractivity contribution in [3.05, 3.63) is 18.4 Å². The summed E-state index contributed by atoms with van der Waals surface area (Å²) in [6, 6.07) is 0. The summed E-state index contributed by atoms with van der Waals surface area (Å²) < 4.78 is 9.74. The van der Waals surface area contributed by atoms with Gasteiger partial charge in [0.05, 0.1) is 6.20 Å². The molecule has 0 aliphatic carbocycles. The number of hydrogen-bond acceptors (Lipinski definition) is 4. The lowest BCUT2D eigenvalue weighted by Crippen LogP contribution is -2.24. The number of nitrogens with zero attached hydrogens (tertiary/aromatic N) is 1. The summed E-state index contributed by atoms with van der Waals surface area (Å²) in [7, 11) is 0. The van der Waals surface area contributed by atoms with Crippen LogP contribution < -0.4 is 0 Å². The molecule has 0 saturated heterocycles. The molecule has 0 saturated carbocycles. The summed E-state index contributed by atoms with van der Waals surface area (Å²) in [4.78, 5) is 14.8. The first kappa shape index (κ1) is 8.77. The largest absolute Gasteiger partial charge is 0.453 e. The van der Waals surface area contributed by atoms with Crippen LogP contribution in [0.3, 0.4) is 0 Å². The zero-order chi connectivity index (χ0) is 9.19. The lowest BCUT2D eigenvalue weighted by molar-refractivity contribution is 0.00273. The van der Waals surface area contributed by atoms with Gasteiger partial charge in [0.1, 0.15) is 11.9 Å². The van der Waals surface area contributed by atoms with Gasteiger partial charge in [-0.05, 0) is 20.8 Å². The standard InChI is InChI=1S/C8H11NO3/c1-8(2,3)12-7(10)6-9-4-5-11-6/h4-5H,1-3H3. The molecule has 0 N–H and O–H groups in total. The van der Waals surface area contributed by atoms with Crippen LogP contribution in [0.15, 0.2) is 16.9 Å². The Kier molecular flexibility index (Phi) is 2.17. The van der Waals surface area contributed by atoms with E-state index in [9.17, 15) is 4.79 Å². The lowest BCUT2D eigenvalue weighted by Gasteiger charge is -2.17. The average molecular weight is 169 g/mol. The predicted octanol–water partition coefficient (Wildman–Crippen LogP) is 1.63. The molecule has 66 valence electrons. The van der Waals surface area contributed by atoms with Crippen LogP contribution in [0, 0.1) is 0 Å². The Labute approximate surface area is 70.5 Å². The normalized spacial score (nSPS) is 11.2. The summed E-state index contributed by atoms with van der Waals surface area (Å²) in [6.45, 7) is 5.36. The van der Waals surface area contributed by atoms with Gasteiger partial charge < -0.3 is 9.15 Å². The summed E-state index contributed by atoms with van der Waals surface area (Å²) in [5.74, 6) is -0.544. The average Bonchev–Trinajstić information content (AvgIpc) is 2.32. The number of esters is 1. The first-order chi connectivity index (χ1) is 5.49. The molecule has 4 nitrogen and oxygen atoms in total. The zero-order valence-corrected chi connectivity index (χ0v) is 7.33. The topological polar surface area (TPSA) is 52.3 Å². The smallest absolute Gasteiger partial charge is 0.395 e. The zero-order valence-electron chi connectivity index (χ0n) is 7.33. The molecule has 0 aromatic carbocycles. The molecular formula is C8H11NO3. The third kappa shape index (κ3) is 2.38. The minimum atomic E-state index is -0.535. The van der Waals surface area contributed by atoms with Gasteiger partial charge in [-0.2, -0.15) is 0 Å². The summed E-state index contributed by atoms with van der Waals surface area (Å²) in [5.41, 5.74) is -0.508. The summed E-state index contributed by atoms with van der Waals surface area (Å²) >= 11 is 0. The van der Waals surface area contributed by atoms with Crippen LogP contribution in [-0.4, -0.2) is 16.6 Å². The van der Waals surface area contributed by atoms with Crippen LogP contribution in [0.2, 0.25) is 0 Å². The van der Waals surface area contributed by atoms with E-state index in [0.717, 1.165) is 0 Å². The van der Waals surface area contributed by atoms with Gasteiger partial charge in [0.2, 0.25) is 0 Å². The number of carbonyl (C=O) groups excluding carboxylic acids is 1. The molecule has 0 aliphatic rings.